The largest absolute Gasteiger partial charge is 0.352 e. The Hall–Kier alpha value is -1.15. The second-order valence-corrected chi connectivity index (χ2v) is 9.24. The van der Waals surface area contributed by atoms with Gasteiger partial charge in [-0.15, -0.1) is 0 Å². The van der Waals surface area contributed by atoms with Crippen molar-refractivity contribution in [3.63, 3.8) is 0 Å². The minimum absolute atomic E-state index is 0.0638. The predicted molar refractivity (Wildman–Crippen MR) is 120 cm³/mol. The van der Waals surface area contributed by atoms with Crippen LogP contribution in [0.4, 0.5) is 0 Å². The van der Waals surface area contributed by atoms with E-state index in [-0.39, 0.29) is 30.4 Å². The molecule has 0 spiro atoms. The standard InChI is InChI=1S/C22H32IN3O2/c23-19-14-8-7-13-18(19)22(28)26(17-11-5-2-6-12-17)20(15-24)21(27)25-16-9-3-1-4-10-16/h7-8,13-14,16-17,20H,1-6,9-12,15,24H2,(H,25,27). The maximum Gasteiger partial charge on any atom is 0.255 e. The van der Waals surface area contributed by atoms with Crippen LogP contribution in [0, 0.1) is 3.57 Å². The van der Waals surface area contributed by atoms with Crippen molar-refractivity contribution in [1.82, 2.24) is 10.2 Å². The molecule has 28 heavy (non-hydrogen) atoms. The fourth-order valence-electron chi connectivity index (χ4n) is 4.59. The number of nitrogens with zero attached hydrogens (tertiary/aromatic N) is 1. The van der Waals surface area contributed by atoms with Gasteiger partial charge in [0.2, 0.25) is 5.91 Å². The summed E-state index contributed by atoms with van der Waals surface area (Å²) in [6.45, 7) is 0.157. The molecule has 1 atom stereocenters. The van der Waals surface area contributed by atoms with Gasteiger partial charge in [-0.3, -0.25) is 9.59 Å². The first kappa shape index (κ1) is 21.6. The van der Waals surface area contributed by atoms with Crippen LogP contribution in [0.5, 0.6) is 0 Å². The van der Waals surface area contributed by atoms with Crippen LogP contribution < -0.4 is 11.1 Å². The Labute approximate surface area is 181 Å². The second-order valence-electron chi connectivity index (χ2n) is 8.08. The predicted octanol–water partition coefficient (Wildman–Crippen LogP) is 3.84. The van der Waals surface area contributed by atoms with Gasteiger partial charge in [-0.1, -0.05) is 50.7 Å². The normalized spacial score (nSPS) is 19.8. The van der Waals surface area contributed by atoms with Gasteiger partial charge in [0, 0.05) is 22.2 Å². The molecular weight excluding hydrogens is 465 g/mol. The Bertz CT molecular complexity index is 670. The van der Waals surface area contributed by atoms with Crippen molar-refractivity contribution < 1.29 is 9.59 Å². The van der Waals surface area contributed by atoms with Crippen LogP contribution in [0.1, 0.15) is 74.6 Å². The van der Waals surface area contributed by atoms with Crippen molar-refractivity contribution in [1.29, 1.82) is 0 Å². The molecule has 1 unspecified atom stereocenters. The van der Waals surface area contributed by atoms with Gasteiger partial charge in [0.25, 0.3) is 5.91 Å². The molecule has 154 valence electrons. The van der Waals surface area contributed by atoms with Gasteiger partial charge < -0.3 is 16.0 Å². The summed E-state index contributed by atoms with van der Waals surface area (Å²) in [6.07, 6.45) is 10.9. The molecule has 2 saturated carbocycles. The first-order chi connectivity index (χ1) is 13.6. The van der Waals surface area contributed by atoms with Crippen molar-refractivity contribution in [3.8, 4) is 0 Å². The molecular formula is C22H32IN3O2. The highest BCUT2D eigenvalue weighted by atomic mass is 127. The van der Waals surface area contributed by atoms with E-state index in [4.69, 9.17) is 5.73 Å². The zero-order chi connectivity index (χ0) is 19.9. The summed E-state index contributed by atoms with van der Waals surface area (Å²) in [6, 6.07) is 7.30. The lowest BCUT2D eigenvalue weighted by atomic mass is 9.91. The Kier molecular flexibility index (Phi) is 8.14. The number of carbonyl (C=O) groups excluding carboxylic acids is 2. The quantitative estimate of drug-likeness (QED) is 0.587. The Morgan fingerprint density at radius 1 is 1.04 bits per heavy atom. The molecule has 2 aliphatic carbocycles. The lowest BCUT2D eigenvalue weighted by molar-refractivity contribution is -0.127. The van der Waals surface area contributed by atoms with Crippen molar-refractivity contribution >= 4 is 34.4 Å². The van der Waals surface area contributed by atoms with Crippen LogP contribution in [0.2, 0.25) is 0 Å². The van der Waals surface area contributed by atoms with Crippen molar-refractivity contribution in [2.45, 2.75) is 82.3 Å². The summed E-state index contributed by atoms with van der Waals surface area (Å²) >= 11 is 2.20. The average Bonchev–Trinajstić information content (AvgIpc) is 2.73. The zero-order valence-electron chi connectivity index (χ0n) is 16.5. The smallest absolute Gasteiger partial charge is 0.255 e. The number of nitrogens with two attached hydrogens (primary N) is 1. The lowest BCUT2D eigenvalue weighted by Crippen LogP contribution is -2.58. The van der Waals surface area contributed by atoms with Gasteiger partial charge in [-0.2, -0.15) is 0 Å². The van der Waals surface area contributed by atoms with E-state index in [0.29, 0.717) is 5.56 Å². The molecule has 0 radical (unpaired) electrons. The Balaban J connectivity index is 1.84. The molecule has 1 aromatic rings. The number of hydrogen-bond acceptors (Lipinski definition) is 3. The minimum atomic E-state index is -0.603. The number of amides is 2. The molecule has 2 aliphatic rings. The van der Waals surface area contributed by atoms with Crippen molar-refractivity contribution in [2.24, 2.45) is 5.73 Å². The maximum atomic E-state index is 13.5. The van der Waals surface area contributed by atoms with E-state index in [1.165, 1.54) is 12.8 Å². The van der Waals surface area contributed by atoms with Crippen LogP contribution in [-0.4, -0.2) is 41.4 Å². The van der Waals surface area contributed by atoms with E-state index in [0.717, 1.165) is 54.9 Å². The summed E-state index contributed by atoms with van der Waals surface area (Å²) in [7, 11) is 0. The van der Waals surface area contributed by atoms with Gasteiger partial charge in [-0.25, -0.2) is 0 Å². The Morgan fingerprint density at radius 2 is 1.64 bits per heavy atom. The van der Waals surface area contributed by atoms with Gasteiger partial charge in [-0.05, 0) is 60.4 Å². The highest BCUT2D eigenvalue weighted by molar-refractivity contribution is 14.1. The minimum Gasteiger partial charge on any atom is -0.352 e. The number of nitrogens with one attached hydrogen (secondary N) is 1. The third kappa shape index (κ3) is 5.26. The van der Waals surface area contributed by atoms with Crippen LogP contribution >= 0.6 is 22.6 Å². The first-order valence-electron chi connectivity index (χ1n) is 10.7. The molecule has 5 nitrogen and oxygen atoms in total. The summed E-state index contributed by atoms with van der Waals surface area (Å²) in [5.74, 6) is -0.148. The average molecular weight is 497 g/mol. The fraction of sp³-hybridized carbons (Fsp3) is 0.636. The van der Waals surface area contributed by atoms with E-state index in [1.807, 2.05) is 29.2 Å². The van der Waals surface area contributed by atoms with Crippen molar-refractivity contribution in [2.75, 3.05) is 6.54 Å². The highest BCUT2D eigenvalue weighted by Gasteiger charge is 2.36. The van der Waals surface area contributed by atoms with E-state index in [9.17, 15) is 9.59 Å². The third-order valence-electron chi connectivity index (χ3n) is 6.12. The monoisotopic (exact) mass is 497 g/mol. The van der Waals surface area contributed by atoms with Crippen LogP contribution in [0.15, 0.2) is 24.3 Å². The first-order valence-corrected chi connectivity index (χ1v) is 11.8. The fourth-order valence-corrected chi connectivity index (χ4v) is 5.20. The van der Waals surface area contributed by atoms with Crippen molar-refractivity contribution in [3.05, 3.63) is 33.4 Å². The molecule has 2 fully saturated rings. The van der Waals surface area contributed by atoms with Gasteiger partial charge in [0.05, 0.1) is 5.56 Å². The molecule has 0 saturated heterocycles. The molecule has 0 aromatic heterocycles. The zero-order valence-corrected chi connectivity index (χ0v) is 18.7. The second kappa shape index (κ2) is 10.6. The van der Waals surface area contributed by atoms with Gasteiger partial charge >= 0.3 is 0 Å². The molecule has 0 heterocycles. The lowest BCUT2D eigenvalue weighted by Gasteiger charge is -2.39. The number of rotatable bonds is 6. The molecule has 0 bridgehead atoms. The molecule has 2 amide bonds. The Morgan fingerprint density at radius 3 is 2.25 bits per heavy atom. The molecule has 3 N–H and O–H groups in total. The highest BCUT2D eigenvalue weighted by Crippen LogP contribution is 2.27. The summed E-state index contributed by atoms with van der Waals surface area (Å²) in [5, 5.41) is 3.20. The summed E-state index contributed by atoms with van der Waals surface area (Å²) < 4.78 is 0.911. The number of hydrogen-bond donors (Lipinski definition) is 2. The molecule has 1 aromatic carbocycles. The van der Waals surface area contributed by atoms with Gasteiger partial charge in [0.15, 0.2) is 0 Å². The van der Waals surface area contributed by atoms with E-state index in [2.05, 4.69) is 27.9 Å². The molecule has 6 heteroatoms. The third-order valence-corrected chi connectivity index (χ3v) is 7.06. The SMILES string of the molecule is NCC(C(=O)NC1CCCCC1)N(C(=O)c1ccccc1I)C1CCCCC1. The number of benzene rings is 1. The summed E-state index contributed by atoms with van der Waals surface area (Å²) in [5.41, 5.74) is 6.75. The maximum absolute atomic E-state index is 13.5. The number of carbonyl (C=O) groups is 2. The van der Waals surface area contributed by atoms with Crippen LogP contribution in [-0.2, 0) is 4.79 Å². The molecule has 0 aliphatic heterocycles. The van der Waals surface area contributed by atoms with Crippen LogP contribution in [0.25, 0.3) is 0 Å². The number of halogens is 1. The van der Waals surface area contributed by atoms with E-state index in [1.54, 1.807) is 0 Å². The topological polar surface area (TPSA) is 75.4 Å². The van der Waals surface area contributed by atoms with Crippen LogP contribution in [0.3, 0.4) is 0 Å². The summed E-state index contributed by atoms with van der Waals surface area (Å²) in [4.78, 5) is 28.5. The van der Waals surface area contributed by atoms with Gasteiger partial charge in [0.1, 0.15) is 6.04 Å². The van der Waals surface area contributed by atoms with E-state index < -0.39 is 6.04 Å². The van der Waals surface area contributed by atoms with E-state index >= 15 is 0 Å². The molecule has 3 rings (SSSR count).